The summed E-state index contributed by atoms with van der Waals surface area (Å²) in [6.45, 7) is 5.60. The molecule has 9 heteroatoms. The fourth-order valence-corrected chi connectivity index (χ4v) is 5.35. The lowest BCUT2D eigenvalue weighted by molar-refractivity contribution is -0.133. The number of thiophene rings is 1. The van der Waals surface area contributed by atoms with E-state index in [1.165, 1.54) is 18.5 Å². The summed E-state index contributed by atoms with van der Waals surface area (Å²) >= 11 is 1.63. The molecular formula is C21H25N7OS. The summed E-state index contributed by atoms with van der Waals surface area (Å²) in [6.07, 6.45) is 2.48. The first-order valence-corrected chi connectivity index (χ1v) is 11.6. The van der Waals surface area contributed by atoms with E-state index in [2.05, 4.69) is 26.9 Å². The van der Waals surface area contributed by atoms with Crippen molar-refractivity contribution in [2.24, 2.45) is 17.8 Å². The Morgan fingerprint density at radius 2 is 2.07 bits per heavy atom. The number of nitrogens with one attached hydrogen (secondary N) is 3. The van der Waals surface area contributed by atoms with Crippen molar-refractivity contribution in [3.8, 4) is 0 Å². The Kier molecular flexibility index (Phi) is 4.02. The van der Waals surface area contributed by atoms with Crippen molar-refractivity contribution in [3.05, 3.63) is 23.2 Å². The largest absolute Gasteiger partial charge is 0.351 e. The SMILES string of the molecule is CC(C)C(=O)N1CC2C(C1)C2Nc1nc(Nc2cc(C3CC3)[nH]n2)c2sccc2n1. The summed E-state index contributed by atoms with van der Waals surface area (Å²) in [5, 5.41) is 16.5. The Balaban J connectivity index is 1.18. The van der Waals surface area contributed by atoms with Gasteiger partial charge < -0.3 is 15.5 Å². The highest BCUT2D eigenvalue weighted by molar-refractivity contribution is 7.17. The molecule has 30 heavy (non-hydrogen) atoms. The number of aromatic nitrogens is 4. The average Bonchev–Trinajstić information content (AvgIpc) is 3.43. The minimum atomic E-state index is 0.0642. The molecule has 156 valence electrons. The van der Waals surface area contributed by atoms with Crippen molar-refractivity contribution in [3.63, 3.8) is 0 Å². The molecule has 0 aromatic carbocycles. The Morgan fingerprint density at radius 1 is 1.27 bits per heavy atom. The standard InChI is InChI=1S/C21H25N7OS/c1-10(2)20(29)28-8-12-13(9-28)17(12)24-21-22-14-5-6-30-18(14)19(25-21)23-16-7-15(26-27-16)11-3-4-11/h5-7,10-13,17H,3-4,8-9H2,1-2H3,(H3,22,23,24,25,26,27). The maximum Gasteiger partial charge on any atom is 0.225 e. The Morgan fingerprint density at radius 3 is 2.80 bits per heavy atom. The first kappa shape index (κ1) is 18.1. The van der Waals surface area contributed by atoms with E-state index < -0.39 is 0 Å². The minimum Gasteiger partial charge on any atom is -0.351 e. The molecule has 3 aromatic heterocycles. The van der Waals surface area contributed by atoms with Crippen LogP contribution in [0.15, 0.2) is 17.5 Å². The number of amides is 1. The van der Waals surface area contributed by atoms with Gasteiger partial charge >= 0.3 is 0 Å². The number of hydrogen-bond acceptors (Lipinski definition) is 7. The fraction of sp³-hybridized carbons (Fsp3) is 0.524. The van der Waals surface area contributed by atoms with Crippen LogP contribution in [0.3, 0.4) is 0 Å². The van der Waals surface area contributed by atoms with Gasteiger partial charge in [0.15, 0.2) is 11.6 Å². The van der Waals surface area contributed by atoms with Gasteiger partial charge in [0.25, 0.3) is 0 Å². The molecule has 1 aliphatic heterocycles. The molecule has 8 nitrogen and oxygen atoms in total. The van der Waals surface area contributed by atoms with E-state index in [1.807, 2.05) is 30.2 Å². The third-order valence-corrected chi connectivity index (χ3v) is 7.37. The molecule has 0 spiro atoms. The predicted molar refractivity (Wildman–Crippen MR) is 117 cm³/mol. The summed E-state index contributed by atoms with van der Waals surface area (Å²) in [5.74, 6) is 4.17. The number of fused-ring (bicyclic) bond motifs is 2. The second kappa shape index (κ2) is 6.66. The molecule has 3 N–H and O–H groups in total. The van der Waals surface area contributed by atoms with Crippen LogP contribution in [0.2, 0.25) is 0 Å². The minimum absolute atomic E-state index is 0.0642. The Hall–Kier alpha value is -2.68. The molecule has 6 rings (SSSR count). The molecule has 3 aliphatic rings. The van der Waals surface area contributed by atoms with Gasteiger partial charge in [0, 0.05) is 54.6 Å². The van der Waals surface area contributed by atoms with Crippen molar-refractivity contribution in [2.45, 2.75) is 38.6 Å². The average molecular weight is 424 g/mol. The van der Waals surface area contributed by atoms with Gasteiger partial charge in [-0.05, 0) is 24.3 Å². The molecule has 2 unspecified atom stereocenters. The molecule has 4 heterocycles. The predicted octanol–water partition coefficient (Wildman–Crippen LogP) is 3.56. The molecule has 2 atom stereocenters. The summed E-state index contributed by atoms with van der Waals surface area (Å²) in [6, 6.07) is 4.45. The summed E-state index contributed by atoms with van der Waals surface area (Å²) in [4.78, 5) is 23.7. The molecule has 2 aliphatic carbocycles. The summed E-state index contributed by atoms with van der Waals surface area (Å²) < 4.78 is 1.03. The molecule has 1 amide bonds. The molecular weight excluding hydrogens is 398 g/mol. The zero-order valence-electron chi connectivity index (χ0n) is 17.1. The summed E-state index contributed by atoms with van der Waals surface area (Å²) in [5.41, 5.74) is 2.12. The van der Waals surface area contributed by atoms with E-state index in [0.29, 0.717) is 29.7 Å². The molecule has 3 fully saturated rings. The number of anilines is 3. The molecule has 0 radical (unpaired) electrons. The lowest BCUT2D eigenvalue weighted by Gasteiger charge is -2.22. The number of piperidine rings is 1. The van der Waals surface area contributed by atoms with Gasteiger partial charge in [-0.25, -0.2) is 4.98 Å². The molecule has 0 bridgehead atoms. The van der Waals surface area contributed by atoms with E-state index in [0.717, 1.165) is 34.9 Å². The maximum atomic E-state index is 12.2. The monoisotopic (exact) mass is 423 g/mol. The van der Waals surface area contributed by atoms with Crippen molar-refractivity contribution in [2.75, 3.05) is 23.7 Å². The van der Waals surface area contributed by atoms with Gasteiger partial charge in [-0.2, -0.15) is 10.1 Å². The van der Waals surface area contributed by atoms with Crippen LogP contribution in [0.25, 0.3) is 10.2 Å². The van der Waals surface area contributed by atoms with Crippen LogP contribution < -0.4 is 10.6 Å². The van der Waals surface area contributed by atoms with Crippen molar-refractivity contribution >= 4 is 45.0 Å². The second-order valence-electron chi connectivity index (χ2n) is 9.03. The third-order valence-electron chi connectivity index (χ3n) is 6.46. The van der Waals surface area contributed by atoms with Crippen LogP contribution in [0.4, 0.5) is 17.6 Å². The fourth-order valence-electron chi connectivity index (χ4n) is 4.57. The Bertz CT molecular complexity index is 1110. The van der Waals surface area contributed by atoms with Crippen LogP contribution >= 0.6 is 11.3 Å². The lowest BCUT2D eigenvalue weighted by Crippen LogP contribution is -2.36. The number of carbonyl (C=O) groups is 1. The zero-order valence-corrected chi connectivity index (χ0v) is 17.9. The molecule has 3 aromatic rings. The molecule has 1 saturated heterocycles. The van der Waals surface area contributed by atoms with Gasteiger partial charge in [-0.3, -0.25) is 9.89 Å². The van der Waals surface area contributed by atoms with Crippen LogP contribution in [0.5, 0.6) is 0 Å². The highest BCUT2D eigenvalue weighted by Gasteiger charge is 2.57. The van der Waals surface area contributed by atoms with E-state index in [9.17, 15) is 4.79 Å². The Labute approximate surface area is 178 Å². The number of rotatable bonds is 6. The number of hydrogen-bond donors (Lipinski definition) is 3. The topological polar surface area (TPSA) is 98.8 Å². The number of H-pyrrole nitrogens is 1. The lowest BCUT2D eigenvalue weighted by atomic mass is 10.2. The van der Waals surface area contributed by atoms with E-state index in [-0.39, 0.29) is 11.8 Å². The van der Waals surface area contributed by atoms with Crippen molar-refractivity contribution in [1.82, 2.24) is 25.1 Å². The normalized spacial score (nSPS) is 25.0. The first-order chi connectivity index (χ1) is 14.6. The first-order valence-electron chi connectivity index (χ1n) is 10.7. The maximum absolute atomic E-state index is 12.2. The second-order valence-corrected chi connectivity index (χ2v) is 9.95. The van der Waals surface area contributed by atoms with E-state index in [1.54, 1.807) is 11.3 Å². The highest BCUT2D eigenvalue weighted by Crippen LogP contribution is 2.47. The van der Waals surface area contributed by atoms with Gasteiger partial charge in [-0.15, -0.1) is 11.3 Å². The number of aromatic amines is 1. The van der Waals surface area contributed by atoms with Crippen molar-refractivity contribution in [1.29, 1.82) is 0 Å². The highest BCUT2D eigenvalue weighted by atomic mass is 32.1. The molecule has 2 saturated carbocycles. The quantitative estimate of drug-likeness (QED) is 0.561. The third kappa shape index (κ3) is 3.12. The smallest absolute Gasteiger partial charge is 0.225 e. The van der Waals surface area contributed by atoms with Gasteiger partial charge in [0.1, 0.15) is 0 Å². The zero-order chi connectivity index (χ0) is 20.4. The van der Waals surface area contributed by atoms with Gasteiger partial charge in [-0.1, -0.05) is 13.8 Å². The van der Waals surface area contributed by atoms with Crippen LogP contribution in [-0.2, 0) is 4.79 Å². The van der Waals surface area contributed by atoms with Crippen molar-refractivity contribution < 1.29 is 4.79 Å². The van der Waals surface area contributed by atoms with E-state index in [4.69, 9.17) is 9.97 Å². The number of likely N-dealkylation sites (tertiary alicyclic amines) is 1. The number of carbonyl (C=O) groups excluding carboxylic acids is 1. The van der Waals surface area contributed by atoms with Gasteiger partial charge in [0.05, 0.1) is 10.2 Å². The van der Waals surface area contributed by atoms with Gasteiger partial charge in [0.2, 0.25) is 11.9 Å². The van der Waals surface area contributed by atoms with Crippen LogP contribution in [0, 0.1) is 17.8 Å². The number of nitrogens with zero attached hydrogens (tertiary/aromatic N) is 4. The van der Waals surface area contributed by atoms with Crippen LogP contribution in [0.1, 0.15) is 38.3 Å². The van der Waals surface area contributed by atoms with Crippen LogP contribution in [-0.4, -0.2) is 50.1 Å². The summed E-state index contributed by atoms with van der Waals surface area (Å²) in [7, 11) is 0. The van der Waals surface area contributed by atoms with E-state index >= 15 is 0 Å².